The molecule has 3 N–H and O–H groups in total. The Hall–Kier alpha value is -0.120. The van der Waals surface area contributed by atoms with Gasteiger partial charge in [-0.15, -0.1) is 0 Å². The Morgan fingerprint density at radius 2 is 1.09 bits per heavy atom. The summed E-state index contributed by atoms with van der Waals surface area (Å²) in [6.07, 6.45) is 17.5. The maximum Gasteiger partial charge on any atom is 0.104 e. The smallest absolute Gasteiger partial charge is 0.104 e. The van der Waals surface area contributed by atoms with E-state index in [2.05, 4.69) is 12.2 Å². The number of unbranched alkanes of at least 4 members (excludes halogenated alkanes) is 12. The third-order valence-electron chi connectivity index (χ3n) is 4.23. The molecule has 3 nitrogen and oxygen atoms in total. The monoisotopic (exact) mass is 315 g/mol. The van der Waals surface area contributed by atoms with E-state index in [1.165, 1.54) is 77.0 Å². The molecule has 2 atom stereocenters. The summed E-state index contributed by atoms with van der Waals surface area (Å²) in [6.45, 7) is 4.47. The number of aliphatic hydroxyl groups is 2. The second kappa shape index (κ2) is 17.2. The third-order valence-corrected chi connectivity index (χ3v) is 4.23. The minimum Gasteiger partial charge on any atom is -0.392 e. The van der Waals surface area contributed by atoms with Crippen molar-refractivity contribution in [2.75, 3.05) is 6.54 Å². The van der Waals surface area contributed by atoms with E-state index in [1.807, 2.05) is 0 Å². The fraction of sp³-hybridized carbons (Fsp3) is 1.00. The molecule has 0 fully saturated rings. The Morgan fingerprint density at radius 1 is 0.682 bits per heavy atom. The van der Waals surface area contributed by atoms with Crippen LogP contribution in [0.5, 0.6) is 0 Å². The largest absolute Gasteiger partial charge is 0.392 e. The normalized spacial score (nSPS) is 14.2. The van der Waals surface area contributed by atoms with Crippen LogP contribution in [0.3, 0.4) is 0 Å². The molecule has 0 aliphatic carbocycles. The Kier molecular flexibility index (Phi) is 17.1. The highest BCUT2D eigenvalue weighted by molar-refractivity contribution is 4.58. The molecule has 0 rings (SSSR count). The van der Waals surface area contributed by atoms with E-state index in [1.54, 1.807) is 6.92 Å². The summed E-state index contributed by atoms with van der Waals surface area (Å²) in [7, 11) is 0. The number of aliphatic hydroxyl groups excluding tert-OH is 2. The molecule has 0 aromatic rings. The first-order chi connectivity index (χ1) is 10.7. The maximum absolute atomic E-state index is 9.65. The van der Waals surface area contributed by atoms with Crippen LogP contribution in [0.2, 0.25) is 0 Å². The van der Waals surface area contributed by atoms with Crippen LogP contribution in [-0.4, -0.2) is 29.1 Å². The molecular weight excluding hydrogens is 274 g/mol. The minimum atomic E-state index is -0.456. The average Bonchev–Trinajstić information content (AvgIpc) is 2.49. The van der Waals surface area contributed by atoms with E-state index >= 15 is 0 Å². The highest BCUT2D eigenvalue weighted by atomic mass is 16.3. The fourth-order valence-electron chi connectivity index (χ4n) is 2.76. The van der Waals surface area contributed by atoms with Crippen molar-refractivity contribution < 1.29 is 10.2 Å². The van der Waals surface area contributed by atoms with E-state index in [0.717, 1.165) is 12.8 Å². The van der Waals surface area contributed by atoms with E-state index in [9.17, 15) is 5.11 Å². The van der Waals surface area contributed by atoms with Crippen molar-refractivity contribution in [3.8, 4) is 0 Å². The van der Waals surface area contributed by atoms with Crippen molar-refractivity contribution >= 4 is 0 Å². The summed E-state index contributed by atoms with van der Waals surface area (Å²) >= 11 is 0. The number of rotatable bonds is 17. The molecule has 0 spiro atoms. The van der Waals surface area contributed by atoms with Gasteiger partial charge in [-0.3, -0.25) is 5.32 Å². The molecule has 0 aromatic heterocycles. The van der Waals surface area contributed by atoms with Gasteiger partial charge >= 0.3 is 0 Å². The first-order valence-corrected chi connectivity index (χ1v) is 9.76. The topological polar surface area (TPSA) is 52.5 Å². The standard InChI is InChI=1S/C19H41NO2/c1-3-4-5-6-7-8-9-10-11-12-13-14-15-16-19(22)20-17-18(2)21/h18-22H,3-17H2,1-2H3. The quantitative estimate of drug-likeness (QED) is 0.268. The molecule has 0 bridgehead atoms. The van der Waals surface area contributed by atoms with Gasteiger partial charge < -0.3 is 10.2 Å². The van der Waals surface area contributed by atoms with Gasteiger partial charge in [0.25, 0.3) is 0 Å². The van der Waals surface area contributed by atoms with Crippen LogP contribution in [0.25, 0.3) is 0 Å². The fourth-order valence-corrected chi connectivity index (χ4v) is 2.76. The summed E-state index contributed by atoms with van der Waals surface area (Å²) in [5, 5.41) is 21.7. The molecule has 0 heterocycles. The number of hydrogen-bond donors (Lipinski definition) is 3. The van der Waals surface area contributed by atoms with E-state index < -0.39 is 6.23 Å². The van der Waals surface area contributed by atoms with Gasteiger partial charge in [0, 0.05) is 6.54 Å². The first kappa shape index (κ1) is 21.9. The van der Waals surface area contributed by atoms with Gasteiger partial charge in [-0.1, -0.05) is 84.0 Å². The maximum atomic E-state index is 9.65. The molecular formula is C19H41NO2. The molecule has 0 aliphatic heterocycles. The molecule has 22 heavy (non-hydrogen) atoms. The Morgan fingerprint density at radius 3 is 1.50 bits per heavy atom. The zero-order valence-electron chi connectivity index (χ0n) is 15.2. The molecule has 0 aliphatic rings. The van der Waals surface area contributed by atoms with Crippen molar-refractivity contribution in [3.63, 3.8) is 0 Å². The van der Waals surface area contributed by atoms with Crippen LogP contribution in [0.15, 0.2) is 0 Å². The molecule has 0 amide bonds. The SMILES string of the molecule is CCCCCCCCCCCCCCCC(O)NCC(C)O. The van der Waals surface area contributed by atoms with Crippen molar-refractivity contribution in [2.24, 2.45) is 0 Å². The molecule has 134 valence electrons. The molecule has 3 heteroatoms. The van der Waals surface area contributed by atoms with Gasteiger partial charge in [-0.25, -0.2) is 0 Å². The summed E-state index contributed by atoms with van der Waals surface area (Å²) in [5.74, 6) is 0. The highest BCUT2D eigenvalue weighted by Crippen LogP contribution is 2.13. The lowest BCUT2D eigenvalue weighted by Crippen LogP contribution is -2.34. The summed E-state index contributed by atoms with van der Waals surface area (Å²) in [6, 6.07) is 0. The lowest BCUT2D eigenvalue weighted by atomic mass is 10.0. The molecule has 0 saturated heterocycles. The van der Waals surface area contributed by atoms with E-state index in [0.29, 0.717) is 6.54 Å². The highest BCUT2D eigenvalue weighted by Gasteiger charge is 2.04. The summed E-state index contributed by atoms with van der Waals surface area (Å²) < 4.78 is 0. The van der Waals surface area contributed by atoms with Gasteiger partial charge in [0.15, 0.2) is 0 Å². The van der Waals surface area contributed by atoms with Crippen LogP contribution in [0, 0.1) is 0 Å². The Balaban J connectivity index is 3.08. The molecule has 0 aromatic carbocycles. The zero-order chi connectivity index (χ0) is 16.5. The average molecular weight is 316 g/mol. The van der Waals surface area contributed by atoms with Crippen LogP contribution in [-0.2, 0) is 0 Å². The van der Waals surface area contributed by atoms with Crippen LogP contribution < -0.4 is 5.32 Å². The Labute approximate surface area is 138 Å². The molecule has 0 radical (unpaired) electrons. The second-order valence-electron chi connectivity index (χ2n) is 6.80. The van der Waals surface area contributed by atoms with Gasteiger partial charge in [0.05, 0.1) is 6.10 Å². The lowest BCUT2D eigenvalue weighted by molar-refractivity contribution is 0.0991. The van der Waals surface area contributed by atoms with Crippen molar-refractivity contribution in [1.82, 2.24) is 5.32 Å². The van der Waals surface area contributed by atoms with Gasteiger partial charge in [0.1, 0.15) is 6.23 Å². The predicted octanol–water partition coefficient (Wildman–Crippen LogP) is 4.76. The number of hydrogen-bond acceptors (Lipinski definition) is 3. The van der Waals surface area contributed by atoms with Gasteiger partial charge in [0.2, 0.25) is 0 Å². The molecule has 0 saturated carbocycles. The van der Waals surface area contributed by atoms with Crippen LogP contribution >= 0.6 is 0 Å². The van der Waals surface area contributed by atoms with Gasteiger partial charge in [-0.2, -0.15) is 0 Å². The zero-order valence-corrected chi connectivity index (χ0v) is 15.2. The van der Waals surface area contributed by atoms with Crippen molar-refractivity contribution in [1.29, 1.82) is 0 Å². The van der Waals surface area contributed by atoms with Crippen molar-refractivity contribution in [2.45, 2.75) is 116 Å². The second-order valence-corrected chi connectivity index (χ2v) is 6.80. The minimum absolute atomic E-state index is 0.388. The predicted molar refractivity (Wildman–Crippen MR) is 96.0 cm³/mol. The lowest BCUT2D eigenvalue weighted by Gasteiger charge is -2.13. The first-order valence-electron chi connectivity index (χ1n) is 9.76. The van der Waals surface area contributed by atoms with E-state index in [-0.39, 0.29) is 6.10 Å². The van der Waals surface area contributed by atoms with Crippen molar-refractivity contribution in [3.05, 3.63) is 0 Å². The number of nitrogens with one attached hydrogen (secondary N) is 1. The van der Waals surface area contributed by atoms with E-state index in [4.69, 9.17) is 5.11 Å². The Bertz CT molecular complexity index is 210. The van der Waals surface area contributed by atoms with Crippen LogP contribution in [0.1, 0.15) is 104 Å². The molecule has 2 unspecified atom stereocenters. The summed E-state index contributed by atoms with van der Waals surface area (Å²) in [5.41, 5.74) is 0. The summed E-state index contributed by atoms with van der Waals surface area (Å²) in [4.78, 5) is 0. The van der Waals surface area contributed by atoms with Gasteiger partial charge in [-0.05, 0) is 19.8 Å². The third kappa shape index (κ3) is 17.9. The van der Waals surface area contributed by atoms with Crippen LogP contribution in [0.4, 0.5) is 0 Å².